The molecule has 5 heteroatoms. The van der Waals surface area contributed by atoms with Crippen LogP contribution in [0.15, 0.2) is 4.60 Å². The number of nitrogens with zero attached hydrogens (tertiary/aromatic N) is 2. The van der Waals surface area contributed by atoms with Crippen molar-refractivity contribution >= 4 is 15.9 Å². The van der Waals surface area contributed by atoms with Crippen LogP contribution in [0.2, 0.25) is 0 Å². The molecule has 0 spiro atoms. The van der Waals surface area contributed by atoms with E-state index in [9.17, 15) is 0 Å². The highest BCUT2D eigenvalue weighted by Crippen LogP contribution is 2.18. The highest BCUT2D eigenvalue weighted by Gasteiger charge is 2.14. The van der Waals surface area contributed by atoms with Crippen LogP contribution in [0.3, 0.4) is 0 Å². The number of piperazine rings is 1. The number of nitrogens with one attached hydrogen (secondary N) is 2. The van der Waals surface area contributed by atoms with E-state index in [4.69, 9.17) is 0 Å². The SMILES string of the molecule is Cc1[nH]nc(Br)c1CN1CCNCC1. The quantitative estimate of drug-likeness (QED) is 0.828. The van der Waals surface area contributed by atoms with E-state index in [0.717, 1.165) is 43.0 Å². The number of H-pyrrole nitrogens is 1. The summed E-state index contributed by atoms with van der Waals surface area (Å²) in [7, 11) is 0. The summed E-state index contributed by atoms with van der Waals surface area (Å²) in [5.41, 5.74) is 2.45. The van der Waals surface area contributed by atoms with Gasteiger partial charge in [-0.05, 0) is 22.9 Å². The van der Waals surface area contributed by atoms with Gasteiger partial charge in [-0.15, -0.1) is 0 Å². The van der Waals surface area contributed by atoms with Crippen molar-refractivity contribution in [1.82, 2.24) is 20.4 Å². The molecule has 1 saturated heterocycles. The number of hydrogen-bond donors (Lipinski definition) is 2. The third-order valence-electron chi connectivity index (χ3n) is 2.61. The molecule has 4 nitrogen and oxygen atoms in total. The Balaban J connectivity index is 2.02. The van der Waals surface area contributed by atoms with Gasteiger partial charge in [0.05, 0.1) is 0 Å². The van der Waals surface area contributed by atoms with Crippen molar-refractivity contribution in [2.45, 2.75) is 13.5 Å². The van der Waals surface area contributed by atoms with Crippen molar-refractivity contribution in [2.24, 2.45) is 0 Å². The van der Waals surface area contributed by atoms with E-state index < -0.39 is 0 Å². The van der Waals surface area contributed by atoms with Gasteiger partial charge in [0.1, 0.15) is 4.60 Å². The molecule has 0 atom stereocenters. The molecule has 2 heterocycles. The van der Waals surface area contributed by atoms with Crippen LogP contribution in [0.4, 0.5) is 0 Å². The predicted molar refractivity (Wildman–Crippen MR) is 59.2 cm³/mol. The van der Waals surface area contributed by atoms with E-state index in [-0.39, 0.29) is 0 Å². The molecule has 0 aliphatic carbocycles. The first-order valence-corrected chi connectivity index (χ1v) is 5.69. The molecule has 1 fully saturated rings. The second-order valence-electron chi connectivity index (χ2n) is 3.64. The highest BCUT2D eigenvalue weighted by molar-refractivity contribution is 9.10. The van der Waals surface area contributed by atoms with Gasteiger partial charge in [0.2, 0.25) is 0 Å². The van der Waals surface area contributed by atoms with Crippen LogP contribution in [0.1, 0.15) is 11.3 Å². The van der Waals surface area contributed by atoms with Gasteiger partial charge >= 0.3 is 0 Å². The summed E-state index contributed by atoms with van der Waals surface area (Å²) in [5.74, 6) is 0. The topological polar surface area (TPSA) is 44.0 Å². The monoisotopic (exact) mass is 258 g/mol. The largest absolute Gasteiger partial charge is 0.314 e. The Morgan fingerprint density at radius 3 is 2.71 bits per heavy atom. The first-order chi connectivity index (χ1) is 6.77. The molecular formula is C9H15BrN4. The predicted octanol–water partition coefficient (Wildman–Crippen LogP) is 0.886. The highest BCUT2D eigenvalue weighted by atomic mass is 79.9. The first-order valence-electron chi connectivity index (χ1n) is 4.90. The Kier molecular flexibility index (Phi) is 3.20. The average Bonchev–Trinajstić information content (AvgIpc) is 2.51. The minimum absolute atomic E-state index is 0.952. The van der Waals surface area contributed by atoms with E-state index in [1.807, 2.05) is 0 Å². The van der Waals surface area contributed by atoms with E-state index >= 15 is 0 Å². The molecule has 0 aromatic carbocycles. The Labute approximate surface area is 92.2 Å². The third kappa shape index (κ3) is 2.16. The maximum Gasteiger partial charge on any atom is 0.132 e. The third-order valence-corrected chi connectivity index (χ3v) is 3.27. The molecule has 2 N–H and O–H groups in total. The molecule has 1 aromatic heterocycles. The molecule has 1 aromatic rings. The van der Waals surface area contributed by atoms with Gasteiger partial charge in [0.15, 0.2) is 0 Å². The minimum atomic E-state index is 0.952. The molecule has 14 heavy (non-hydrogen) atoms. The summed E-state index contributed by atoms with van der Waals surface area (Å²) in [6.07, 6.45) is 0. The number of aromatic amines is 1. The zero-order valence-electron chi connectivity index (χ0n) is 8.31. The zero-order valence-corrected chi connectivity index (χ0v) is 9.89. The Bertz CT molecular complexity index is 284. The van der Waals surface area contributed by atoms with Crippen LogP contribution in [0.25, 0.3) is 0 Å². The van der Waals surface area contributed by atoms with Crippen LogP contribution in [-0.4, -0.2) is 41.3 Å². The lowest BCUT2D eigenvalue weighted by Crippen LogP contribution is -2.42. The Morgan fingerprint density at radius 1 is 1.43 bits per heavy atom. The van der Waals surface area contributed by atoms with Crippen molar-refractivity contribution in [3.8, 4) is 0 Å². The standard InChI is InChI=1S/C9H15BrN4/c1-7-8(9(10)13-12-7)6-14-4-2-11-3-5-14/h11H,2-6H2,1H3,(H,12,13). The fourth-order valence-corrected chi connectivity index (χ4v) is 2.21. The lowest BCUT2D eigenvalue weighted by Gasteiger charge is -2.27. The van der Waals surface area contributed by atoms with Crippen molar-refractivity contribution in [1.29, 1.82) is 0 Å². The number of aromatic nitrogens is 2. The second kappa shape index (κ2) is 4.42. The van der Waals surface area contributed by atoms with Gasteiger partial charge in [-0.2, -0.15) is 5.10 Å². The maximum atomic E-state index is 4.13. The smallest absolute Gasteiger partial charge is 0.132 e. The molecule has 0 radical (unpaired) electrons. The Hall–Kier alpha value is -0.390. The van der Waals surface area contributed by atoms with Crippen LogP contribution >= 0.6 is 15.9 Å². The molecule has 0 bridgehead atoms. The summed E-state index contributed by atoms with van der Waals surface area (Å²) < 4.78 is 0.952. The lowest BCUT2D eigenvalue weighted by atomic mass is 10.2. The number of rotatable bonds is 2. The fraction of sp³-hybridized carbons (Fsp3) is 0.667. The Morgan fingerprint density at radius 2 is 2.14 bits per heavy atom. The van der Waals surface area contributed by atoms with Gasteiger partial charge in [-0.25, -0.2) is 0 Å². The van der Waals surface area contributed by atoms with Crippen LogP contribution in [0, 0.1) is 6.92 Å². The molecule has 1 aliphatic heterocycles. The zero-order chi connectivity index (χ0) is 9.97. The maximum absolute atomic E-state index is 4.13. The summed E-state index contributed by atoms with van der Waals surface area (Å²) in [6.45, 7) is 7.48. The molecule has 0 saturated carbocycles. The van der Waals surface area contributed by atoms with Gasteiger partial charge in [0, 0.05) is 44.0 Å². The van der Waals surface area contributed by atoms with E-state index in [1.54, 1.807) is 0 Å². The molecule has 2 rings (SSSR count). The summed E-state index contributed by atoms with van der Waals surface area (Å²) >= 11 is 3.46. The number of halogens is 1. The molecule has 0 amide bonds. The normalized spacial score (nSPS) is 18.7. The van der Waals surface area contributed by atoms with Crippen molar-refractivity contribution < 1.29 is 0 Å². The molecular weight excluding hydrogens is 244 g/mol. The molecule has 1 aliphatic rings. The molecule has 0 unspecified atom stereocenters. The molecule has 78 valence electrons. The summed E-state index contributed by atoms with van der Waals surface area (Å²) in [6, 6.07) is 0. The average molecular weight is 259 g/mol. The number of hydrogen-bond acceptors (Lipinski definition) is 3. The fourth-order valence-electron chi connectivity index (χ4n) is 1.70. The number of aryl methyl sites for hydroxylation is 1. The van der Waals surface area contributed by atoms with Gasteiger partial charge < -0.3 is 5.32 Å². The first kappa shape index (κ1) is 10.1. The van der Waals surface area contributed by atoms with Gasteiger partial charge in [0.25, 0.3) is 0 Å². The van der Waals surface area contributed by atoms with E-state index in [0.29, 0.717) is 0 Å². The van der Waals surface area contributed by atoms with E-state index in [1.165, 1.54) is 5.56 Å². The minimum Gasteiger partial charge on any atom is -0.314 e. The van der Waals surface area contributed by atoms with Crippen molar-refractivity contribution in [2.75, 3.05) is 26.2 Å². The van der Waals surface area contributed by atoms with E-state index in [2.05, 4.69) is 43.3 Å². The van der Waals surface area contributed by atoms with Crippen LogP contribution < -0.4 is 5.32 Å². The van der Waals surface area contributed by atoms with Crippen molar-refractivity contribution in [3.63, 3.8) is 0 Å². The van der Waals surface area contributed by atoms with Crippen LogP contribution in [0.5, 0.6) is 0 Å². The summed E-state index contributed by atoms with van der Waals surface area (Å²) in [4.78, 5) is 2.44. The van der Waals surface area contributed by atoms with Crippen LogP contribution in [-0.2, 0) is 6.54 Å². The van der Waals surface area contributed by atoms with Gasteiger partial charge in [-0.3, -0.25) is 10.00 Å². The van der Waals surface area contributed by atoms with Crippen molar-refractivity contribution in [3.05, 3.63) is 15.9 Å². The second-order valence-corrected chi connectivity index (χ2v) is 4.40. The summed E-state index contributed by atoms with van der Waals surface area (Å²) in [5, 5.41) is 10.5. The van der Waals surface area contributed by atoms with Gasteiger partial charge in [-0.1, -0.05) is 0 Å². The lowest BCUT2D eigenvalue weighted by molar-refractivity contribution is 0.232.